The van der Waals surface area contributed by atoms with E-state index in [2.05, 4.69) is 0 Å². The van der Waals surface area contributed by atoms with Crippen LogP contribution >= 0.6 is 0 Å². The highest BCUT2D eigenvalue weighted by Crippen LogP contribution is 2.23. The van der Waals surface area contributed by atoms with Crippen molar-refractivity contribution in [3.05, 3.63) is 48.2 Å². The van der Waals surface area contributed by atoms with E-state index in [0.29, 0.717) is 25.9 Å². The Balaban J connectivity index is 1.47. The Labute approximate surface area is 185 Å². The van der Waals surface area contributed by atoms with E-state index in [4.69, 9.17) is 9.15 Å². The number of nitrogens with zero attached hydrogens (tertiary/aromatic N) is 2. The first-order chi connectivity index (χ1) is 14.7. The van der Waals surface area contributed by atoms with E-state index in [1.54, 1.807) is 11.9 Å². The van der Waals surface area contributed by atoms with Gasteiger partial charge >= 0.3 is 6.09 Å². The molecule has 1 fully saturated rings. The van der Waals surface area contributed by atoms with E-state index < -0.39 is 5.60 Å². The molecule has 3 rings (SSSR count). The summed E-state index contributed by atoms with van der Waals surface area (Å²) in [6, 6.07) is 13.9. The molecular formula is C25H34N2O4. The smallest absolute Gasteiger partial charge is 0.410 e. The molecule has 1 unspecified atom stereocenters. The van der Waals surface area contributed by atoms with Gasteiger partial charge in [0.15, 0.2) is 0 Å². The summed E-state index contributed by atoms with van der Waals surface area (Å²) < 4.78 is 11.4. The van der Waals surface area contributed by atoms with Crippen LogP contribution in [0.25, 0.3) is 11.3 Å². The monoisotopic (exact) mass is 426 g/mol. The Hall–Kier alpha value is -2.76. The molecule has 0 bridgehead atoms. The minimum absolute atomic E-state index is 0.141. The van der Waals surface area contributed by atoms with Gasteiger partial charge in [0.25, 0.3) is 0 Å². The van der Waals surface area contributed by atoms with Crippen LogP contribution < -0.4 is 0 Å². The maximum absolute atomic E-state index is 12.8. The number of carbonyl (C=O) groups excluding carboxylic acids is 2. The van der Waals surface area contributed by atoms with Crippen LogP contribution in [-0.2, 0) is 16.0 Å². The Morgan fingerprint density at radius 3 is 2.61 bits per heavy atom. The van der Waals surface area contributed by atoms with Crippen molar-refractivity contribution >= 4 is 12.0 Å². The van der Waals surface area contributed by atoms with Crippen LogP contribution in [0, 0.1) is 5.92 Å². The largest absolute Gasteiger partial charge is 0.461 e. The van der Waals surface area contributed by atoms with E-state index >= 15 is 0 Å². The van der Waals surface area contributed by atoms with Crippen molar-refractivity contribution < 1.29 is 18.7 Å². The molecule has 2 heterocycles. The number of piperidine rings is 1. The fraction of sp³-hybridized carbons (Fsp3) is 0.520. The molecule has 2 amide bonds. The molecule has 0 radical (unpaired) electrons. The van der Waals surface area contributed by atoms with Gasteiger partial charge < -0.3 is 19.0 Å². The van der Waals surface area contributed by atoms with Gasteiger partial charge in [0.05, 0.1) is 0 Å². The van der Waals surface area contributed by atoms with Crippen LogP contribution in [0.4, 0.5) is 4.79 Å². The number of rotatable bonds is 6. The first-order valence-electron chi connectivity index (χ1n) is 11.1. The Bertz CT molecular complexity index is 869. The average Bonchev–Trinajstić information content (AvgIpc) is 3.21. The molecular weight excluding hydrogens is 392 g/mol. The molecule has 0 aliphatic carbocycles. The van der Waals surface area contributed by atoms with Gasteiger partial charge in [0, 0.05) is 45.1 Å². The molecule has 1 saturated heterocycles. The van der Waals surface area contributed by atoms with Crippen molar-refractivity contribution in [2.24, 2.45) is 5.92 Å². The number of amides is 2. The van der Waals surface area contributed by atoms with Gasteiger partial charge in [0.1, 0.15) is 17.1 Å². The van der Waals surface area contributed by atoms with Crippen LogP contribution in [0.3, 0.4) is 0 Å². The molecule has 168 valence electrons. The fourth-order valence-corrected chi connectivity index (χ4v) is 3.90. The lowest BCUT2D eigenvalue weighted by atomic mass is 9.97. The fourth-order valence-electron chi connectivity index (χ4n) is 3.90. The molecule has 31 heavy (non-hydrogen) atoms. The highest BCUT2D eigenvalue weighted by Gasteiger charge is 2.27. The molecule has 1 aliphatic heterocycles. The SMILES string of the molecule is CN(CC1CCCN(C(=O)CCc2ccc(-c3ccccc3)o2)C1)C(=O)OC(C)(C)C. The zero-order valence-electron chi connectivity index (χ0n) is 19.1. The molecule has 1 aliphatic rings. The molecule has 1 aromatic carbocycles. The topological polar surface area (TPSA) is 63.0 Å². The lowest BCUT2D eigenvalue weighted by Crippen LogP contribution is -2.45. The van der Waals surface area contributed by atoms with Gasteiger partial charge in [-0.2, -0.15) is 0 Å². The number of likely N-dealkylation sites (tertiary alicyclic amines) is 1. The van der Waals surface area contributed by atoms with Crippen molar-refractivity contribution in [3.8, 4) is 11.3 Å². The normalized spacial score (nSPS) is 16.8. The summed E-state index contributed by atoms with van der Waals surface area (Å²) in [4.78, 5) is 28.6. The van der Waals surface area contributed by atoms with Crippen LogP contribution in [0.2, 0.25) is 0 Å². The highest BCUT2D eigenvalue weighted by molar-refractivity contribution is 5.76. The summed E-state index contributed by atoms with van der Waals surface area (Å²) in [5.41, 5.74) is 0.527. The number of carbonyl (C=O) groups is 2. The van der Waals surface area contributed by atoms with Crippen LogP contribution in [-0.4, -0.2) is 54.1 Å². The van der Waals surface area contributed by atoms with Gasteiger partial charge in [-0.15, -0.1) is 0 Å². The second kappa shape index (κ2) is 10.0. The van der Waals surface area contributed by atoms with Crippen molar-refractivity contribution in [3.63, 3.8) is 0 Å². The second-order valence-electron chi connectivity index (χ2n) is 9.34. The molecule has 1 atom stereocenters. The number of hydrogen-bond donors (Lipinski definition) is 0. The Morgan fingerprint density at radius 2 is 1.90 bits per heavy atom. The zero-order chi connectivity index (χ0) is 22.4. The van der Waals surface area contributed by atoms with Crippen molar-refractivity contribution in [1.29, 1.82) is 0 Å². The number of aryl methyl sites for hydroxylation is 1. The second-order valence-corrected chi connectivity index (χ2v) is 9.34. The molecule has 6 nitrogen and oxygen atoms in total. The van der Waals surface area contributed by atoms with Crippen LogP contribution in [0.5, 0.6) is 0 Å². The molecule has 0 spiro atoms. The van der Waals surface area contributed by atoms with Crippen LogP contribution in [0.15, 0.2) is 46.9 Å². The van der Waals surface area contributed by atoms with Gasteiger partial charge in [0.2, 0.25) is 5.91 Å². The van der Waals surface area contributed by atoms with E-state index in [-0.39, 0.29) is 17.9 Å². The summed E-state index contributed by atoms with van der Waals surface area (Å²) in [6.45, 7) is 7.64. The number of hydrogen-bond acceptors (Lipinski definition) is 4. The number of benzene rings is 1. The maximum atomic E-state index is 12.8. The highest BCUT2D eigenvalue weighted by atomic mass is 16.6. The van der Waals surface area contributed by atoms with Gasteiger partial charge in [-0.1, -0.05) is 30.3 Å². The minimum atomic E-state index is -0.508. The van der Waals surface area contributed by atoms with Crippen molar-refractivity contribution in [2.75, 3.05) is 26.7 Å². The first-order valence-corrected chi connectivity index (χ1v) is 11.1. The molecule has 0 saturated carbocycles. The van der Waals surface area contributed by atoms with Gasteiger partial charge in [-0.05, 0) is 51.7 Å². The Morgan fingerprint density at radius 1 is 1.16 bits per heavy atom. The van der Waals surface area contributed by atoms with Crippen molar-refractivity contribution in [2.45, 2.75) is 52.1 Å². The predicted octanol–water partition coefficient (Wildman–Crippen LogP) is 4.98. The third kappa shape index (κ3) is 6.88. The third-order valence-electron chi connectivity index (χ3n) is 5.41. The molecule has 1 aromatic heterocycles. The van der Waals surface area contributed by atoms with E-state index in [0.717, 1.165) is 36.5 Å². The summed E-state index contributed by atoms with van der Waals surface area (Å²) >= 11 is 0. The van der Waals surface area contributed by atoms with Gasteiger partial charge in [-0.3, -0.25) is 4.79 Å². The maximum Gasteiger partial charge on any atom is 0.410 e. The van der Waals surface area contributed by atoms with E-state index in [9.17, 15) is 9.59 Å². The van der Waals surface area contributed by atoms with E-state index in [1.165, 1.54) is 0 Å². The summed E-state index contributed by atoms with van der Waals surface area (Å²) in [5.74, 6) is 2.06. The predicted molar refractivity (Wildman–Crippen MR) is 121 cm³/mol. The first kappa shape index (κ1) is 22.9. The number of ether oxygens (including phenoxy) is 1. The molecule has 0 N–H and O–H groups in total. The summed E-state index contributed by atoms with van der Waals surface area (Å²) in [5, 5.41) is 0. The lowest BCUT2D eigenvalue weighted by Gasteiger charge is -2.35. The zero-order valence-corrected chi connectivity index (χ0v) is 19.1. The van der Waals surface area contributed by atoms with E-state index in [1.807, 2.05) is 68.1 Å². The summed E-state index contributed by atoms with van der Waals surface area (Å²) in [7, 11) is 1.76. The van der Waals surface area contributed by atoms with Gasteiger partial charge in [-0.25, -0.2) is 4.79 Å². The third-order valence-corrected chi connectivity index (χ3v) is 5.41. The average molecular weight is 427 g/mol. The molecule has 6 heteroatoms. The Kier molecular flexibility index (Phi) is 7.42. The summed E-state index contributed by atoms with van der Waals surface area (Å²) in [6.07, 6.45) is 2.66. The minimum Gasteiger partial charge on any atom is -0.461 e. The van der Waals surface area contributed by atoms with Crippen LogP contribution in [0.1, 0.15) is 45.8 Å². The standard InChI is InChI=1S/C25H34N2O4/c1-25(2,3)31-24(29)26(4)17-19-9-8-16-27(18-19)23(28)15-13-21-12-14-22(30-21)20-10-6-5-7-11-20/h5-7,10-12,14,19H,8-9,13,15-18H2,1-4H3. The molecule has 2 aromatic rings. The number of furan rings is 1. The quantitative estimate of drug-likeness (QED) is 0.653. The lowest BCUT2D eigenvalue weighted by molar-refractivity contribution is -0.133. The van der Waals surface area contributed by atoms with Crippen molar-refractivity contribution in [1.82, 2.24) is 9.80 Å².